The van der Waals surface area contributed by atoms with Gasteiger partial charge in [0.2, 0.25) is 0 Å². The van der Waals surface area contributed by atoms with Crippen LogP contribution >= 0.6 is 0 Å². The molecule has 0 fully saturated rings. The first-order valence-corrected chi connectivity index (χ1v) is 8.30. The minimum Gasteiger partial charge on any atom is -0.488 e. The van der Waals surface area contributed by atoms with Crippen LogP contribution in [0.5, 0.6) is 5.75 Å². The van der Waals surface area contributed by atoms with Crippen LogP contribution < -0.4 is 15.8 Å². The zero-order valence-corrected chi connectivity index (χ0v) is 15.4. The highest BCUT2D eigenvalue weighted by molar-refractivity contribution is 5.92. The molecule has 0 atom stereocenters. The van der Waals surface area contributed by atoms with Gasteiger partial charge in [-0.2, -0.15) is 0 Å². The predicted molar refractivity (Wildman–Crippen MR) is 103 cm³/mol. The van der Waals surface area contributed by atoms with Crippen LogP contribution in [-0.2, 0) is 17.9 Å². The molecule has 0 spiro atoms. The number of nitrogens with two attached hydrogens (primary N) is 1. The van der Waals surface area contributed by atoms with Gasteiger partial charge in [-0.05, 0) is 32.9 Å². The lowest BCUT2D eigenvalue weighted by Crippen LogP contribution is -2.24. The van der Waals surface area contributed by atoms with E-state index in [0.29, 0.717) is 19.1 Å². The van der Waals surface area contributed by atoms with E-state index < -0.39 is 0 Å². The Labute approximate surface area is 149 Å². The second-order valence-corrected chi connectivity index (χ2v) is 6.74. The molecule has 0 saturated heterocycles. The number of anilines is 1. The SMILES string of the molecule is COCc1ccccc1NC(N)=NCc1ccccc1OC(C)(C)C. The standard InChI is InChI=1S/C20H27N3O2/c1-20(2,3)25-18-12-8-6-9-15(18)13-22-19(21)23-17-11-7-5-10-16(17)14-24-4/h5-12H,13-14H2,1-4H3,(H3,21,22,23). The Bertz CT molecular complexity index is 721. The van der Waals surface area contributed by atoms with Gasteiger partial charge in [-0.3, -0.25) is 0 Å². The van der Waals surface area contributed by atoms with E-state index in [1.807, 2.05) is 69.3 Å². The highest BCUT2D eigenvalue weighted by Gasteiger charge is 2.14. The molecule has 0 aliphatic heterocycles. The zero-order chi connectivity index (χ0) is 18.3. The molecule has 5 nitrogen and oxygen atoms in total. The van der Waals surface area contributed by atoms with Crippen molar-refractivity contribution in [2.45, 2.75) is 39.5 Å². The molecule has 2 aromatic rings. The Morgan fingerprint density at radius 2 is 1.68 bits per heavy atom. The molecular weight excluding hydrogens is 314 g/mol. The minimum atomic E-state index is -0.261. The van der Waals surface area contributed by atoms with Crippen LogP contribution in [0.1, 0.15) is 31.9 Å². The smallest absolute Gasteiger partial charge is 0.193 e. The van der Waals surface area contributed by atoms with Gasteiger partial charge in [0.1, 0.15) is 11.4 Å². The number of hydrogen-bond donors (Lipinski definition) is 2. The quantitative estimate of drug-likeness (QED) is 0.617. The molecule has 0 saturated carbocycles. The summed E-state index contributed by atoms with van der Waals surface area (Å²) in [6.45, 7) is 7.03. The monoisotopic (exact) mass is 341 g/mol. The molecule has 5 heteroatoms. The number of nitrogens with one attached hydrogen (secondary N) is 1. The molecule has 0 bridgehead atoms. The van der Waals surface area contributed by atoms with Gasteiger partial charge in [0.15, 0.2) is 5.96 Å². The summed E-state index contributed by atoms with van der Waals surface area (Å²) in [7, 11) is 1.67. The third-order valence-corrected chi connectivity index (χ3v) is 3.39. The van der Waals surface area contributed by atoms with Gasteiger partial charge in [0.25, 0.3) is 0 Å². The number of hydrogen-bond acceptors (Lipinski definition) is 3. The Morgan fingerprint density at radius 1 is 1.04 bits per heavy atom. The van der Waals surface area contributed by atoms with Gasteiger partial charge >= 0.3 is 0 Å². The number of benzene rings is 2. The van der Waals surface area contributed by atoms with Crippen LogP contribution in [-0.4, -0.2) is 18.7 Å². The normalized spacial score (nSPS) is 12.1. The molecule has 0 heterocycles. The lowest BCUT2D eigenvalue weighted by Gasteiger charge is -2.23. The maximum absolute atomic E-state index is 6.05. The highest BCUT2D eigenvalue weighted by Crippen LogP contribution is 2.23. The first kappa shape index (κ1) is 18.8. The lowest BCUT2D eigenvalue weighted by atomic mass is 10.1. The van der Waals surface area contributed by atoms with Gasteiger partial charge in [0.05, 0.1) is 13.2 Å². The number of aliphatic imine (C=N–C) groups is 1. The summed E-state index contributed by atoms with van der Waals surface area (Å²) >= 11 is 0. The fourth-order valence-corrected chi connectivity index (χ4v) is 2.34. The third kappa shape index (κ3) is 6.12. The van der Waals surface area contributed by atoms with Gasteiger partial charge in [-0.1, -0.05) is 36.4 Å². The maximum atomic E-state index is 6.05. The first-order chi connectivity index (χ1) is 11.9. The number of ether oxygens (including phenoxy) is 2. The Morgan fingerprint density at radius 3 is 2.36 bits per heavy atom. The largest absolute Gasteiger partial charge is 0.488 e. The first-order valence-electron chi connectivity index (χ1n) is 8.30. The molecule has 2 aromatic carbocycles. The summed E-state index contributed by atoms with van der Waals surface area (Å²) in [5, 5.41) is 3.14. The van der Waals surface area contributed by atoms with Gasteiger partial charge in [-0.25, -0.2) is 4.99 Å². The van der Waals surface area contributed by atoms with Crippen molar-refractivity contribution in [2.75, 3.05) is 12.4 Å². The van der Waals surface area contributed by atoms with Gasteiger partial charge in [0, 0.05) is 23.9 Å². The fraction of sp³-hybridized carbons (Fsp3) is 0.350. The van der Waals surface area contributed by atoms with Crippen molar-refractivity contribution < 1.29 is 9.47 Å². The summed E-state index contributed by atoms with van der Waals surface area (Å²) in [5.41, 5.74) is 8.71. The number of methoxy groups -OCH3 is 1. The van der Waals surface area contributed by atoms with Crippen molar-refractivity contribution in [3.05, 3.63) is 59.7 Å². The predicted octanol–water partition coefficient (Wildman–Crippen LogP) is 3.94. The summed E-state index contributed by atoms with van der Waals surface area (Å²) in [4.78, 5) is 4.44. The van der Waals surface area contributed by atoms with Crippen molar-refractivity contribution in [1.82, 2.24) is 0 Å². The molecule has 0 aliphatic rings. The van der Waals surface area contributed by atoms with E-state index in [9.17, 15) is 0 Å². The van der Waals surface area contributed by atoms with E-state index in [0.717, 1.165) is 22.6 Å². The van der Waals surface area contributed by atoms with E-state index in [4.69, 9.17) is 15.2 Å². The molecule has 25 heavy (non-hydrogen) atoms. The molecular formula is C20H27N3O2. The van der Waals surface area contributed by atoms with Crippen LogP contribution in [0, 0.1) is 0 Å². The van der Waals surface area contributed by atoms with Crippen molar-refractivity contribution >= 4 is 11.6 Å². The summed E-state index contributed by atoms with van der Waals surface area (Å²) in [5.74, 6) is 1.18. The van der Waals surface area contributed by atoms with Crippen LogP contribution in [0.3, 0.4) is 0 Å². The van der Waals surface area contributed by atoms with E-state index in [-0.39, 0.29) is 5.60 Å². The molecule has 2 rings (SSSR count). The lowest BCUT2D eigenvalue weighted by molar-refractivity contribution is 0.129. The zero-order valence-electron chi connectivity index (χ0n) is 15.4. The van der Waals surface area contributed by atoms with Crippen molar-refractivity contribution in [3.63, 3.8) is 0 Å². The summed E-state index contributed by atoms with van der Waals surface area (Å²) < 4.78 is 11.2. The fourth-order valence-electron chi connectivity index (χ4n) is 2.34. The second-order valence-electron chi connectivity index (χ2n) is 6.74. The van der Waals surface area contributed by atoms with Crippen LogP contribution in [0.15, 0.2) is 53.5 Å². The highest BCUT2D eigenvalue weighted by atomic mass is 16.5. The number of nitrogens with zero attached hydrogens (tertiary/aromatic N) is 1. The van der Waals surface area contributed by atoms with Crippen molar-refractivity contribution in [2.24, 2.45) is 10.7 Å². The van der Waals surface area contributed by atoms with Gasteiger partial charge < -0.3 is 20.5 Å². The Balaban J connectivity index is 2.10. The Kier molecular flexibility index (Phi) is 6.42. The average molecular weight is 341 g/mol. The van der Waals surface area contributed by atoms with Crippen molar-refractivity contribution in [3.8, 4) is 5.75 Å². The number of guanidine groups is 1. The minimum absolute atomic E-state index is 0.261. The van der Waals surface area contributed by atoms with E-state index >= 15 is 0 Å². The average Bonchev–Trinajstić information content (AvgIpc) is 2.55. The number of rotatable bonds is 6. The topological polar surface area (TPSA) is 68.9 Å². The molecule has 0 aromatic heterocycles. The van der Waals surface area contributed by atoms with E-state index in [2.05, 4.69) is 10.3 Å². The molecule has 134 valence electrons. The molecule has 3 N–H and O–H groups in total. The molecule has 0 radical (unpaired) electrons. The third-order valence-electron chi connectivity index (χ3n) is 3.39. The molecule has 0 amide bonds. The van der Waals surface area contributed by atoms with Crippen LogP contribution in [0.2, 0.25) is 0 Å². The number of para-hydroxylation sites is 2. The maximum Gasteiger partial charge on any atom is 0.193 e. The Hall–Kier alpha value is -2.53. The van der Waals surface area contributed by atoms with E-state index in [1.54, 1.807) is 7.11 Å². The molecule has 0 unspecified atom stereocenters. The summed E-state index contributed by atoms with van der Waals surface area (Å²) in [6.07, 6.45) is 0. The second kappa shape index (κ2) is 8.53. The molecule has 0 aliphatic carbocycles. The van der Waals surface area contributed by atoms with E-state index in [1.165, 1.54) is 0 Å². The summed E-state index contributed by atoms with van der Waals surface area (Å²) in [6, 6.07) is 15.7. The van der Waals surface area contributed by atoms with Crippen LogP contribution in [0.4, 0.5) is 5.69 Å². The van der Waals surface area contributed by atoms with Gasteiger partial charge in [-0.15, -0.1) is 0 Å². The van der Waals surface area contributed by atoms with Crippen LogP contribution in [0.25, 0.3) is 0 Å². The van der Waals surface area contributed by atoms with Crippen molar-refractivity contribution in [1.29, 1.82) is 0 Å².